The van der Waals surface area contributed by atoms with Crippen molar-refractivity contribution in [1.29, 1.82) is 0 Å². The number of aromatic nitrogens is 1. The van der Waals surface area contributed by atoms with Gasteiger partial charge in [0.05, 0.1) is 0 Å². The highest BCUT2D eigenvalue weighted by molar-refractivity contribution is 9.10. The molecule has 0 saturated carbocycles. The molecule has 90 valence electrons. The maximum atomic E-state index is 13.7. The van der Waals surface area contributed by atoms with Crippen molar-refractivity contribution in [3.05, 3.63) is 57.5 Å². The summed E-state index contributed by atoms with van der Waals surface area (Å²) in [7, 11) is 0. The molecule has 1 aliphatic rings. The van der Waals surface area contributed by atoms with E-state index in [1.165, 1.54) is 0 Å². The highest BCUT2D eigenvalue weighted by Gasteiger charge is 2.25. The van der Waals surface area contributed by atoms with E-state index >= 15 is 0 Å². The molecule has 0 saturated heterocycles. The van der Waals surface area contributed by atoms with Crippen LogP contribution in [-0.4, -0.2) is 4.98 Å². The van der Waals surface area contributed by atoms with Crippen molar-refractivity contribution in [2.45, 2.75) is 0 Å². The number of hydrogen-bond acceptors (Lipinski definition) is 2. The van der Waals surface area contributed by atoms with E-state index in [-0.39, 0.29) is 10.9 Å². The molecule has 2 heterocycles. The van der Waals surface area contributed by atoms with Crippen LogP contribution in [-0.2, 0) is 0 Å². The highest BCUT2D eigenvalue weighted by Crippen LogP contribution is 2.44. The zero-order valence-electron chi connectivity index (χ0n) is 9.01. The number of rotatable bonds is 0. The molecule has 2 aromatic rings. The van der Waals surface area contributed by atoms with Crippen molar-refractivity contribution in [2.24, 2.45) is 0 Å². The lowest BCUT2D eigenvalue weighted by molar-refractivity contribution is 0.422. The van der Waals surface area contributed by atoms with E-state index in [9.17, 15) is 4.39 Å². The van der Waals surface area contributed by atoms with Crippen molar-refractivity contribution >= 4 is 33.1 Å². The van der Waals surface area contributed by atoms with Crippen molar-refractivity contribution in [3.8, 4) is 11.5 Å². The Morgan fingerprint density at radius 3 is 2.83 bits per heavy atom. The van der Waals surface area contributed by atoms with Crippen LogP contribution in [0.4, 0.5) is 4.39 Å². The number of pyridine rings is 1. The molecule has 1 aliphatic heterocycles. The van der Waals surface area contributed by atoms with Gasteiger partial charge in [0, 0.05) is 15.6 Å². The Labute approximate surface area is 116 Å². The van der Waals surface area contributed by atoms with E-state index in [4.69, 9.17) is 16.3 Å². The number of hydrogen-bond donors (Lipinski definition) is 0. The lowest BCUT2D eigenvalue weighted by Gasteiger charge is -2.22. The van der Waals surface area contributed by atoms with Crippen LogP contribution in [0.5, 0.6) is 11.5 Å². The van der Waals surface area contributed by atoms with Crippen molar-refractivity contribution in [1.82, 2.24) is 4.98 Å². The van der Waals surface area contributed by atoms with Crippen LogP contribution >= 0.6 is 27.5 Å². The quantitative estimate of drug-likeness (QED) is 0.553. The fourth-order valence-corrected chi connectivity index (χ4v) is 2.42. The topological polar surface area (TPSA) is 22.1 Å². The Morgan fingerprint density at radius 2 is 2.06 bits per heavy atom. The maximum Gasteiger partial charge on any atom is 0.257 e. The fraction of sp³-hybridized carbons (Fsp3) is 0. The summed E-state index contributed by atoms with van der Waals surface area (Å²) in [6.07, 6.45) is 0. The second-order valence-electron chi connectivity index (χ2n) is 3.83. The summed E-state index contributed by atoms with van der Waals surface area (Å²) in [5.74, 6) is -0.106. The van der Waals surface area contributed by atoms with Gasteiger partial charge in [0.1, 0.15) is 10.9 Å². The number of benzene rings is 1. The van der Waals surface area contributed by atoms with Crippen LogP contribution in [0.25, 0.3) is 5.57 Å². The molecule has 0 spiro atoms. The molecule has 0 fully saturated rings. The average molecular weight is 327 g/mol. The second-order valence-corrected chi connectivity index (χ2v) is 5.14. The molecular weight excluding hydrogens is 321 g/mol. The highest BCUT2D eigenvalue weighted by atomic mass is 79.9. The molecule has 1 aromatic carbocycles. The predicted molar refractivity (Wildman–Crippen MR) is 71.6 cm³/mol. The van der Waals surface area contributed by atoms with E-state index in [0.717, 1.165) is 10.0 Å². The molecule has 3 rings (SSSR count). The summed E-state index contributed by atoms with van der Waals surface area (Å²) in [6, 6.07) is 6.99. The minimum absolute atomic E-state index is 0.0687. The standard InChI is InChI=1S/C13H6BrClFNO/c1-6-8-4-7(14)2-3-10(8)18-12-9(6)5-11(15)17-13(12)16/h2-5H,1H2. The minimum Gasteiger partial charge on any atom is -0.451 e. The van der Waals surface area contributed by atoms with Crippen LogP contribution in [0.2, 0.25) is 5.15 Å². The van der Waals surface area contributed by atoms with Crippen LogP contribution in [0.1, 0.15) is 11.1 Å². The van der Waals surface area contributed by atoms with Crippen LogP contribution in [0.15, 0.2) is 35.3 Å². The largest absolute Gasteiger partial charge is 0.451 e. The Bertz CT molecular complexity index is 687. The SMILES string of the molecule is C=C1c2cc(Br)ccc2Oc2c1cc(Cl)nc2F. The molecule has 0 aliphatic carbocycles. The monoisotopic (exact) mass is 325 g/mol. The molecule has 0 N–H and O–H groups in total. The third-order valence-electron chi connectivity index (χ3n) is 2.70. The summed E-state index contributed by atoms with van der Waals surface area (Å²) in [5.41, 5.74) is 1.99. The number of ether oxygens (including phenoxy) is 1. The first-order valence-electron chi connectivity index (χ1n) is 5.09. The third kappa shape index (κ3) is 1.72. The lowest BCUT2D eigenvalue weighted by Crippen LogP contribution is -2.05. The van der Waals surface area contributed by atoms with Gasteiger partial charge in [0.15, 0.2) is 5.75 Å². The van der Waals surface area contributed by atoms with Gasteiger partial charge in [-0.2, -0.15) is 4.39 Å². The molecule has 0 radical (unpaired) electrons. The molecule has 18 heavy (non-hydrogen) atoms. The summed E-state index contributed by atoms with van der Waals surface area (Å²) >= 11 is 9.13. The summed E-state index contributed by atoms with van der Waals surface area (Å²) in [5, 5.41) is 0.0782. The van der Waals surface area contributed by atoms with Gasteiger partial charge in [-0.25, -0.2) is 4.98 Å². The van der Waals surface area contributed by atoms with Gasteiger partial charge in [-0.15, -0.1) is 0 Å². The van der Waals surface area contributed by atoms with E-state index in [1.807, 2.05) is 12.1 Å². The van der Waals surface area contributed by atoms with Crippen molar-refractivity contribution in [3.63, 3.8) is 0 Å². The van der Waals surface area contributed by atoms with Crippen LogP contribution in [0.3, 0.4) is 0 Å². The Kier molecular flexibility index (Phi) is 2.64. The summed E-state index contributed by atoms with van der Waals surface area (Å²) in [6.45, 7) is 3.97. The first-order valence-corrected chi connectivity index (χ1v) is 6.26. The van der Waals surface area contributed by atoms with Crippen LogP contribution in [0, 0.1) is 5.95 Å². The van der Waals surface area contributed by atoms with Crippen molar-refractivity contribution < 1.29 is 9.13 Å². The first kappa shape index (κ1) is 11.7. The average Bonchev–Trinajstić information content (AvgIpc) is 2.32. The number of nitrogens with zero attached hydrogens (tertiary/aromatic N) is 1. The van der Waals surface area contributed by atoms with Gasteiger partial charge in [0.25, 0.3) is 5.95 Å². The Hall–Kier alpha value is -1.39. The number of fused-ring (bicyclic) bond motifs is 2. The molecule has 1 aromatic heterocycles. The fourth-order valence-electron chi connectivity index (χ4n) is 1.88. The smallest absolute Gasteiger partial charge is 0.257 e. The predicted octanol–water partition coefficient (Wildman–Crippen LogP) is 4.80. The summed E-state index contributed by atoms with van der Waals surface area (Å²) in [4.78, 5) is 3.54. The summed E-state index contributed by atoms with van der Waals surface area (Å²) < 4.78 is 20.1. The van der Waals surface area contributed by atoms with Crippen molar-refractivity contribution in [2.75, 3.05) is 0 Å². The van der Waals surface area contributed by atoms with Gasteiger partial charge in [-0.3, -0.25) is 0 Å². The molecule has 5 heteroatoms. The van der Waals surface area contributed by atoms with Gasteiger partial charge in [-0.1, -0.05) is 34.1 Å². The normalized spacial score (nSPS) is 12.7. The van der Waals surface area contributed by atoms with Gasteiger partial charge in [-0.05, 0) is 29.8 Å². The van der Waals surface area contributed by atoms with E-state index in [1.54, 1.807) is 12.1 Å². The lowest BCUT2D eigenvalue weighted by atomic mass is 9.96. The molecular formula is C13H6BrClFNO. The number of halogens is 3. The van der Waals surface area contributed by atoms with E-state index < -0.39 is 5.95 Å². The van der Waals surface area contributed by atoms with Crippen LogP contribution < -0.4 is 4.74 Å². The Morgan fingerprint density at radius 1 is 1.28 bits per heavy atom. The van der Waals surface area contributed by atoms with E-state index in [0.29, 0.717) is 16.9 Å². The van der Waals surface area contributed by atoms with Gasteiger partial charge in [0.2, 0.25) is 0 Å². The molecule has 0 bridgehead atoms. The minimum atomic E-state index is -0.729. The zero-order valence-corrected chi connectivity index (χ0v) is 11.3. The van der Waals surface area contributed by atoms with Gasteiger partial charge < -0.3 is 4.74 Å². The van der Waals surface area contributed by atoms with Gasteiger partial charge >= 0.3 is 0 Å². The maximum absolute atomic E-state index is 13.7. The Balaban J connectivity index is 2.25. The first-order chi connectivity index (χ1) is 8.56. The molecule has 0 atom stereocenters. The third-order valence-corrected chi connectivity index (χ3v) is 3.39. The molecule has 0 amide bonds. The molecule has 0 unspecified atom stereocenters. The molecule has 2 nitrogen and oxygen atoms in total. The second kappa shape index (κ2) is 4.07. The zero-order chi connectivity index (χ0) is 12.9. The van der Waals surface area contributed by atoms with E-state index in [2.05, 4.69) is 27.5 Å².